The van der Waals surface area contributed by atoms with E-state index in [1.165, 1.54) is 43.9 Å². The number of carbonyl (C=O) groups is 1. The summed E-state index contributed by atoms with van der Waals surface area (Å²) in [6, 6.07) is 4.85. The van der Waals surface area contributed by atoms with Crippen LogP contribution >= 0.6 is 12.6 Å². The summed E-state index contributed by atoms with van der Waals surface area (Å²) in [6.07, 6.45) is 5.13. The second-order valence-corrected chi connectivity index (χ2v) is 5.82. The molecule has 1 fully saturated rings. The molecule has 110 valence electrons. The van der Waals surface area contributed by atoms with Gasteiger partial charge in [0.2, 0.25) is 0 Å². The number of likely N-dealkylation sites (N-methyl/N-ethyl adjacent to an activating group) is 1. The van der Waals surface area contributed by atoms with Crippen molar-refractivity contribution in [3.63, 3.8) is 0 Å². The standard InChI is InChI=1S/C15H21FN2OS/c1-18(12-4-2-3-5-12)9-8-17-15(19)11-6-7-13(16)14(20)10-11/h6-7,10,12,20H,2-5,8-9H2,1H3,(H,17,19). The van der Waals surface area contributed by atoms with Crippen LogP contribution in [0.4, 0.5) is 4.39 Å². The zero-order chi connectivity index (χ0) is 14.5. The van der Waals surface area contributed by atoms with Crippen LogP contribution in [0.2, 0.25) is 0 Å². The van der Waals surface area contributed by atoms with Crippen molar-refractivity contribution in [2.75, 3.05) is 20.1 Å². The van der Waals surface area contributed by atoms with Crippen molar-refractivity contribution in [2.24, 2.45) is 0 Å². The van der Waals surface area contributed by atoms with Crippen molar-refractivity contribution >= 4 is 18.5 Å². The van der Waals surface area contributed by atoms with Gasteiger partial charge >= 0.3 is 0 Å². The molecular weight excluding hydrogens is 275 g/mol. The highest BCUT2D eigenvalue weighted by atomic mass is 32.1. The van der Waals surface area contributed by atoms with Gasteiger partial charge < -0.3 is 10.2 Å². The Bertz CT molecular complexity index is 475. The molecule has 0 aliphatic heterocycles. The normalized spacial score (nSPS) is 15.8. The van der Waals surface area contributed by atoms with Crippen molar-refractivity contribution in [1.82, 2.24) is 10.2 Å². The molecule has 0 atom stereocenters. The van der Waals surface area contributed by atoms with Gasteiger partial charge in [0.05, 0.1) is 0 Å². The average molecular weight is 296 g/mol. The highest BCUT2D eigenvalue weighted by Crippen LogP contribution is 2.21. The first-order valence-electron chi connectivity index (χ1n) is 7.05. The van der Waals surface area contributed by atoms with Crippen molar-refractivity contribution in [3.05, 3.63) is 29.6 Å². The summed E-state index contributed by atoms with van der Waals surface area (Å²) < 4.78 is 13.1. The fourth-order valence-electron chi connectivity index (χ4n) is 2.63. The molecule has 0 aromatic heterocycles. The van der Waals surface area contributed by atoms with Crippen LogP contribution in [0.1, 0.15) is 36.0 Å². The third-order valence-electron chi connectivity index (χ3n) is 3.91. The Hall–Kier alpha value is -1.07. The molecule has 2 rings (SSSR count). The Labute approximate surface area is 125 Å². The van der Waals surface area contributed by atoms with Crippen molar-refractivity contribution in [1.29, 1.82) is 0 Å². The van der Waals surface area contributed by atoms with Crippen LogP contribution in [-0.4, -0.2) is 37.0 Å². The number of benzene rings is 1. The van der Waals surface area contributed by atoms with Gasteiger partial charge in [-0.05, 0) is 38.1 Å². The number of thiol groups is 1. The first-order chi connectivity index (χ1) is 9.58. The molecule has 1 aromatic rings. The van der Waals surface area contributed by atoms with Crippen LogP contribution in [0.5, 0.6) is 0 Å². The molecule has 0 heterocycles. The van der Waals surface area contributed by atoms with Gasteiger partial charge in [-0.1, -0.05) is 12.8 Å². The predicted octanol–water partition coefficient (Wildman–Crippen LogP) is 2.72. The Morgan fingerprint density at radius 1 is 1.45 bits per heavy atom. The highest BCUT2D eigenvalue weighted by Gasteiger charge is 2.19. The molecule has 0 spiro atoms. The molecule has 3 nitrogen and oxygen atoms in total. The van der Waals surface area contributed by atoms with Gasteiger partial charge in [-0.15, -0.1) is 12.6 Å². The predicted molar refractivity (Wildman–Crippen MR) is 80.9 cm³/mol. The summed E-state index contributed by atoms with van der Waals surface area (Å²) in [5, 5.41) is 2.86. The fourth-order valence-corrected chi connectivity index (χ4v) is 2.84. The summed E-state index contributed by atoms with van der Waals surface area (Å²) in [5.74, 6) is -0.592. The molecule has 0 bridgehead atoms. The third-order valence-corrected chi connectivity index (χ3v) is 4.25. The van der Waals surface area contributed by atoms with Gasteiger partial charge in [0, 0.05) is 29.6 Å². The maximum Gasteiger partial charge on any atom is 0.251 e. The lowest BCUT2D eigenvalue weighted by molar-refractivity contribution is 0.0947. The summed E-state index contributed by atoms with van der Waals surface area (Å²) in [5.41, 5.74) is 0.444. The number of nitrogens with zero attached hydrogens (tertiary/aromatic N) is 1. The summed E-state index contributed by atoms with van der Waals surface area (Å²) in [7, 11) is 2.10. The van der Waals surface area contributed by atoms with Crippen LogP contribution in [0.25, 0.3) is 0 Å². The summed E-state index contributed by atoms with van der Waals surface area (Å²) >= 11 is 3.98. The van der Waals surface area contributed by atoms with Crippen molar-refractivity contribution < 1.29 is 9.18 Å². The van der Waals surface area contributed by atoms with Crippen LogP contribution in [0, 0.1) is 5.82 Å². The quantitative estimate of drug-likeness (QED) is 0.819. The Morgan fingerprint density at radius 3 is 2.80 bits per heavy atom. The van der Waals surface area contributed by atoms with E-state index in [4.69, 9.17) is 0 Å². The molecule has 0 saturated heterocycles. The third kappa shape index (κ3) is 3.96. The van der Waals surface area contributed by atoms with E-state index < -0.39 is 5.82 Å². The van der Waals surface area contributed by atoms with E-state index in [1.807, 2.05) is 0 Å². The Kier molecular flexibility index (Phi) is 5.43. The van der Waals surface area contributed by atoms with E-state index in [-0.39, 0.29) is 10.8 Å². The van der Waals surface area contributed by atoms with E-state index in [2.05, 4.69) is 29.9 Å². The summed E-state index contributed by atoms with van der Waals surface area (Å²) in [4.78, 5) is 14.4. The minimum absolute atomic E-state index is 0.180. The zero-order valence-electron chi connectivity index (χ0n) is 11.7. The van der Waals surface area contributed by atoms with Crippen LogP contribution in [-0.2, 0) is 0 Å². The number of halogens is 1. The molecule has 20 heavy (non-hydrogen) atoms. The first-order valence-corrected chi connectivity index (χ1v) is 7.49. The highest BCUT2D eigenvalue weighted by molar-refractivity contribution is 7.80. The Balaban J connectivity index is 1.78. The second kappa shape index (κ2) is 7.09. The van der Waals surface area contributed by atoms with E-state index >= 15 is 0 Å². The van der Waals surface area contributed by atoms with E-state index in [0.717, 1.165) is 6.54 Å². The smallest absolute Gasteiger partial charge is 0.251 e. The van der Waals surface area contributed by atoms with Gasteiger partial charge in [0.15, 0.2) is 0 Å². The monoisotopic (exact) mass is 296 g/mol. The molecule has 1 N–H and O–H groups in total. The van der Waals surface area contributed by atoms with Crippen LogP contribution < -0.4 is 5.32 Å². The van der Waals surface area contributed by atoms with Crippen LogP contribution in [0.3, 0.4) is 0 Å². The number of hydrogen-bond acceptors (Lipinski definition) is 3. The topological polar surface area (TPSA) is 32.3 Å². The minimum atomic E-state index is -0.411. The van der Waals surface area contributed by atoms with E-state index in [1.54, 1.807) is 0 Å². The Morgan fingerprint density at radius 2 is 2.15 bits per heavy atom. The molecule has 0 radical (unpaired) electrons. The minimum Gasteiger partial charge on any atom is -0.351 e. The number of carbonyl (C=O) groups excluding carboxylic acids is 1. The molecule has 1 saturated carbocycles. The molecular formula is C15H21FN2OS. The largest absolute Gasteiger partial charge is 0.351 e. The van der Waals surface area contributed by atoms with E-state index in [9.17, 15) is 9.18 Å². The first kappa shape index (κ1) is 15.3. The lowest BCUT2D eigenvalue weighted by atomic mass is 10.2. The SMILES string of the molecule is CN(CCNC(=O)c1ccc(F)c(S)c1)C1CCCC1. The van der Waals surface area contributed by atoms with Crippen LogP contribution in [0.15, 0.2) is 23.1 Å². The average Bonchev–Trinajstić information content (AvgIpc) is 2.95. The van der Waals surface area contributed by atoms with Gasteiger partial charge in [-0.25, -0.2) is 4.39 Å². The molecule has 1 aliphatic rings. The fraction of sp³-hybridized carbons (Fsp3) is 0.533. The second-order valence-electron chi connectivity index (χ2n) is 5.34. The molecule has 0 unspecified atom stereocenters. The van der Waals surface area contributed by atoms with E-state index in [0.29, 0.717) is 18.2 Å². The maximum absolute atomic E-state index is 13.1. The van der Waals surface area contributed by atoms with Crippen molar-refractivity contribution in [3.8, 4) is 0 Å². The van der Waals surface area contributed by atoms with Gasteiger partial charge in [0.1, 0.15) is 5.82 Å². The number of nitrogens with one attached hydrogen (secondary N) is 1. The molecule has 1 aliphatic carbocycles. The number of amides is 1. The zero-order valence-corrected chi connectivity index (χ0v) is 12.6. The molecule has 1 aromatic carbocycles. The molecule has 1 amide bonds. The van der Waals surface area contributed by atoms with Crippen molar-refractivity contribution in [2.45, 2.75) is 36.6 Å². The lowest BCUT2D eigenvalue weighted by Gasteiger charge is -2.23. The number of rotatable bonds is 5. The molecule has 5 heteroatoms. The van der Waals surface area contributed by atoms with Gasteiger partial charge in [-0.2, -0.15) is 0 Å². The maximum atomic E-state index is 13.1. The van der Waals surface area contributed by atoms with Gasteiger partial charge in [-0.3, -0.25) is 4.79 Å². The summed E-state index contributed by atoms with van der Waals surface area (Å²) in [6.45, 7) is 1.44. The number of hydrogen-bond donors (Lipinski definition) is 2. The lowest BCUT2D eigenvalue weighted by Crippen LogP contribution is -2.37. The van der Waals surface area contributed by atoms with Gasteiger partial charge in [0.25, 0.3) is 5.91 Å².